The van der Waals surface area contributed by atoms with Crippen molar-refractivity contribution in [1.82, 2.24) is 10.9 Å². The Kier molecular flexibility index (Phi) is 8.34. The Morgan fingerprint density at radius 3 is 2.21 bits per heavy atom. The fraction of sp³-hybridized carbons (Fsp3) is 0.222. The highest BCUT2D eigenvalue weighted by atomic mass is 32.2. The Balaban J connectivity index is 1.52. The van der Waals surface area contributed by atoms with Crippen LogP contribution >= 0.6 is 11.8 Å². The number of hydrogen-bond acceptors (Lipinski definition) is 5. The molecule has 0 aliphatic heterocycles. The smallest absolute Gasteiger partial charge is 0.270 e. The lowest BCUT2D eigenvalue weighted by molar-refractivity contribution is 0.0845. The van der Waals surface area contributed by atoms with E-state index in [2.05, 4.69) is 43.8 Å². The number of carbonyl (C=O) groups is 2. The summed E-state index contributed by atoms with van der Waals surface area (Å²) in [5.74, 6) is 0.137. The van der Waals surface area contributed by atoms with Crippen molar-refractivity contribution < 1.29 is 14.3 Å². The number of benzene rings is 3. The molecule has 0 unspecified atom stereocenters. The van der Waals surface area contributed by atoms with E-state index in [-0.39, 0.29) is 11.2 Å². The molecule has 0 spiro atoms. The van der Waals surface area contributed by atoms with Gasteiger partial charge in [-0.1, -0.05) is 57.2 Å². The molecule has 2 N–H and O–H groups in total. The van der Waals surface area contributed by atoms with Crippen molar-refractivity contribution in [3.8, 4) is 11.8 Å². The van der Waals surface area contributed by atoms with Crippen LogP contribution in [0.1, 0.15) is 52.6 Å². The third kappa shape index (κ3) is 6.87. The number of hydrazine groups is 1. The van der Waals surface area contributed by atoms with E-state index < -0.39 is 11.8 Å². The lowest BCUT2D eigenvalue weighted by Gasteiger charge is -2.19. The van der Waals surface area contributed by atoms with Gasteiger partial charge in [0, 0.05) is 10.5 Å². The maximum Gasteiger partial charge on any atom is 0.270 e. The molecular formula is C27H27N3O3S. The number of nitriles is 1. The predicted molar refractivity (Wildman–Crippen MR) is 134 cm³/mol. The fourth-order valence-corrected chi connectivity index (χ4v) is 3.82. The van der Waals surface area contributed by atoms with Crippen molar-refractivity contribution in [2.75, 3.05) is 5.75 Å². The van der Waals surface area contributed by atoms with E-state index in [0.29, 0.717) is 22.6 Å². The fourth-order valence-electron chi connectivity index (χ4n) is 3.11. The van der Waals surface area contributed by atoms with Crippen LogP contribution in [0.2, 0.25) is 0 Å². The molecule has 6 nitrogen and oxygen atoms in total. The van der Waals surface area contributed by atoms with Gasteiger partial charge in [0.05, 0.1) is 17.4 Å². The van der Waals surface area contributed by atoms with Crippen LogP contribution in [0.4, 0.5) is 0 Å². The molecule has 7 heteroatoms. The van der Waals surface area contributed by atoms with Crippen molar-refractivity contribution in [1.29, 1.82) is 5.26 Å². The predicted octanol–water partition coefficient (Wildman–Crippen LogP) is 5.25. The van der Waals surface area contributed by atoms with E-state index in [1.54, 1.807) is 36.4 Å². The summed E-state index contributed by atoms with van der Waals surface area (Å²) in [6.07, 6.45) is 0. The first-order valence-corrected chi connectivity index (χ1v) is 11.8. The molecule has 0 heterocycles. The Morgan fingerprint density at radius 2 is 1.56 bits per heavy atom. The highest BCUT2D eigenvalue weighted by Gasteiger charge is 2.14. The number of carbonyl (C=O) groups excluding carboxylic acids is 2. The van der Waals surface area contributed by atoms with Gasteiger partial charge in [-0.15, -0.1) is 11.8 Å². The summed E-state index contributed by atoms with van der Waals surface area (Å²) in [5, 5.41) is 8.77. The van der Waals surface area contributed by atoms with E-state index in [1.165, 1.54) is 17.3 Å². The minimum atomic E-state index is -0.447. The second-order valence-electron chi connectivity index (χ2n) is 8.61. The first-order chi connectivity index (χ1) is 16.3. The molecule has 0 aromatic heterocycles. The molecule has 0 saturated heterocycles. The van der Waals surface area contributed by atoms with Crippen LogP contribution < -0.4 is 15.6 Å². The quantitative estimate of drug-likeness (QED) is 0.361. The summed E-state index contributed by atoms with van der Waals surface area (Å²) >= 11 is 1.27. The molecule has 0 atom stereocenters. The summed E-state index contributed by atoms with van der Waals surface area (Å²) in [4.78, 5) is 25.6. The number of nitrogens with one attached hydrogen (secondary N) is 2. The maximum atomic E-state index is 12.5. The third-order valence-corrected chi connectivity index (χ3v) is 6.00. The minimum absolute atomic E-state index is 0.0914. The molecule has 174 valence electrons. The van der Waals surface area contributed by atoms with Crippen LogP contribution in [0.3, 0.4) is 0 Å². The molecule has 0 bridgehead atoms. The van der Waals surface area contributed by atoms with Crippen molar-refractivity contribution in [2.45, 2.75) is 37.7 Å². The van der Waals surface area contributed by atoms with Gasteiger partial charge < -0.3 is 4.74 Å². The van der Waals surface area contributed by atoms with Gasteiger partial charge in [0.2, 0.25) is 0 Å². The van der Waals surface area contributed by atoms with E-state index in [4.69, 9.17) is 10.00 Å². The molecule has 0 aliphatic carbocycles. The Morgan fingerprint density at radius 1 is 0.912 bits per heavy atom. The summed E-state index contributed by atoms with van der Waals surface area (Å²) in [6, 6.07) is 24.0. The molecule has 2 amide bonds. The summed E-state index contributed by atoms with van der Waals surface area (Å²) in [6.45, 7) is 6.88. The zero-order chi connectivity index (χ0) is 24.6. The summed E-state index contributed by atoms with van der Waals surface area (Å²) in [5.41, 5.74) is 7.92. The highest BCUT2D eigenvalue weighted by Crippen LogP contribution is 2.25. The van der Waals surface area contributed by atoms with Gasteiger partial charge in [0.25, 0.3) is 11.8 Å². The average Bonchev–Trinajstić information content (AvgIpc) is 2.84. The van der Waals surface area contributed by atoms with Crippen LogP contribution in [0.25, 0.3) is 0 Å². The van der Waals surface area contributed by atoms with E-state index >= 15 is 0 Å². The lowest BCUT2D eigenvalue weighted by atomic mass is 9.87. The van der Waals surface area contributed by atoms with Gasteiger partial charge in [-0.2, -0.15) is 5.26 Å². The molecule has 3 aromatic carbocycles. The third-order valence-electron chi connectivity index (χ3n) is 5.06. The summed E-state index contributed by atoms with van der Waals surface area (Å²) < 4.78 is 5.85. The van der Waals surface area contributed by atoms with Gasteiger partial charge in [0.15, 0.2) is 0 Å². The van der Waals surface area contributed by atoms with Crippen LogP contribution in [0.15, 0.2) is 77.7 Å². The number of nitrogens with zero attached hydrogens (tertiary/aromatic N) is 1. The van der Waals surface area contributed by atoms with Crippen molar-refractivity contribution in [2.24, 2.45) is 0 Å². The summed E-state index contributed by atoms with van der Waals surface area (Å²) in [7, 11) is 0. The molecule has 0 saturated carbocycles. The first kappa shape index (κ1) is 24.9. The van der Waals surface area contributed by atoms with Gasteiger partial charge in [0.1, 0.15) is 12.4 Å². The van der Waals surface area contributed by atoms with E-state index in [9.17, 15) is 9.59 Å². The van der Waals surface area contributed by atoms with Crippen molar-refractivity contribution in [3.63, 3.8) is 0 Å². The molecule has 0 fully saturated rings. The Hall–Kier alpha value is -3.76. The number of rotatable bonds is 7. The lowest BCUT2D eigenvalue weighted by Crippen LogP contribution is -2.41. The second-order valence-corrected chi connectivity index (χ2v) is 9.63. The van der Waals surface area contributed by atoms with Crippen LogP contribution in [-0.4, -0.2) is 17.6 Å². The van der Waals surface area contributed by atoms with Crippen LogP contribution in [0, 0.1) is 11.3 Å². The van der Waals surface area contributed by atoms with Crippen molar-refractivity contribution >= 4 is 23.6 Å². The van der Waals surface area contributed by atoms with Gasteiger partial charge in [-0.05, 0) is 52.9 Å². The number of hydrogen-bond donors (Lipinski definition) is 2. The maximum absolute atomic E-state index is 12.5. The standard InChI is InChI=1S/C27H27N3O3S/c1-27(2,3)21-12-14-22(15-13-21)33-18-19-8-10-20(11-9-19)25(31)29-30-26(32)23-6-4-5-7-24(23)34-17-16-28/h4-15H,17-18H2,1-3H3,(H,29,31)(H,30,32). The molecule has 3 rings (SSSR count). The van der Waals surface area contributed by atoms with Crippen LogP contribution in [0.5, 0.6) is 5.75 Å². The second kappa shape index (κ2) is 11.4. The minimum Gasteiger partial charge on any atom is -0.489 e. The molecule has 0 radical (unpaired) electrons. The average molecular weight is 474 g/mol. The van der Waals surface area contributed by atoms with Crippen molar-refractivity contribution in [3.05, 3.63) is 95.1 Å². The molecule has 34 heavy (non-hydrogen) atoms. The number of ether oxygens (including phenoxy) is 1. The largest absolute Gasteiger partial charge is 0.489 e. The number of amides is 2. The normalized spacial score (nSPS) is 10.8. The Bertz CT molecular complexity index is 1180. The van der Waals surface area contributed by atoms with E-state index in [0.717, 1.165) is 11.3 Å². The first-order valence-electron chi connectivity index (χ1n) is 10.8. The zero-order valence-electron chi connectivity index (χ0n) is 19.4. The highest BCUT2D eigenvalue weighted by molar-refractivity contribution is 7.99. The molecule has 0 aliphatic rings. The monoisotopic (exact) mass is 473 g/mol. The SMILES string of the molecule is CC(C)(C)c1ccc(OCc2ccc(C(=O)NNC(=O)c3ccccc3SCC#N)cc2)cc1. The topological polar surface area (TPSA) is 91.2 Å². The molecule has 3 aromatic rings. The number of thioether (sulfide) groups is 1. The van der Waals surface area contributed by atoms with Gasteiger partial charge in [-0.3, -0.25) is 20.4 Å². The van der Waals surface area contributed by atoms with E-state index in [1.807, 2.05) is 30.3 Å². The Labute approximate surface area is 204 Å². The zero-order valence-corrected chi connectivity index (χ0v) is 20.2. The van der Waals surface area contributed by atoms with Gasteiger partial charge >= 0.3 is 0 Å². The van der Waals surface area contributed by atoms with Crippen LogP contribution in [-0.2, 0) is 12.0 Å². The molecular weight excluding hydrogens is 446 g/mol. The van der Waals surface area contributed by atoms with Gasteiger partial charge in [-0.25, -0.2) is 0 Å².